The summed E-state index contributed by atoms with van der Waals surface area (Å²) in [6, 6.07) is 6.44. The van der Waals surface area contributed by atoms with Crippen LogP contribution in [0.2, 0.25) is 13.1 Å². The van der Waals surface area contributed by atoms with Crippen molar-refractivity contribution in [3.63, 3.8) is 0 Å². The van der Waals surface area contributed by atoms with Crippen LogP contribution in [0.15, 0.2) is 28.9 Å². The number of furan rings is 1. The minimum absolute atomic E-state index is 0.0125. The molecule has 1 fully saturated rings. The number of nitrogens with zero attached hydrogens (tertiary/aromatic N) is 2. The number of amides is 1. The molecule has 3 rings (SSSR count). The van der Waals surface area contributed by atoms with Gasteiger partial charge in [0.1, 0.15) is 5.60 Å². The van der Waals surface area contributed by atoms with Gasteiger partial charge in [-0.2, -0.15) is 0 Å². The first-order valence-electron chi connectivity index (χ1n) is 11.2. The number of benzene rings is 1. The highest BCUT2D eigenvalue weighted by Gasteiger charge is 2.31. The maximum absolute atomic E-state index is 12.4. The van der Waals surface area contributed by atoms with Gasteiger partial charge in [0.25, 0.3) is 0 Å². The molecule has 1 saturated heterocycles. The van der Waals surface area contributed by atoms with E-state index >= 15 is 0 Å². The number of piperazine rings is 1. The van der Waals surface area contributed by atoms with Crippen molar-refractivity contribution in [3.05, 3.63) is 30.0 Å². The minimum atomic E-state index is -1.23. The number of fused-ring (bicyclic) bond motifs is 1. The van der Waals surface area contributed by atoms with Crippen LogP contribution >= 0.6 is 0 Å². The van der Waals surface area contributed by atoms with E-state index in [2.05, 4.69) is 50.9 Å². The van der Waals surface area contributed by atoms with E-state index in [0.29, 0.717) is 13.1 Å². The van der Waals surface area contributed by atoms with Gasteiger partial charge in [0.2, 0.25) is 0 Å². The molecule has 0 spiro atoms. The third kappa shape index (κ3) is 5.83. The van der Waals surface area contributed by atoms with Crippen molar-refractivity contribution >= 4 is 31.8 Å². The number of ether oxygens (including phenoxy) is 1. The summed E-state index contributed by atoms with van der Waals surface area (Å²) in [7, 11) is -1.23. The lowest BCUT2D eigenvalue weighted by Crippen LogP contribution is -2.50. The molecule has 1 unspecified atom stereocenters. The van der Waals surface area contributed by atoms with Crippen LogP contribution in [-0.2, 0) is 9.16 Å². The van der Waals surface area contributed by atoms with Crippen LogP contribution < -0.4 is 4.90 Å². The van der Waals surface area contributed by atoms with Crippen LogP contribution in [0, 0.1) is 5.41 Å². The fraction of sp³-hybridized carbons (Fsp3) is 0.625. The fourth-order valence-corrected chi connectivity index (χ4v) is 5.09. The van der Waals surface area contributed by atoms with E-state index in [1.807, 2.05) is 26.8 Å². The van der Waals surface area contributed by atoms with Gasteiger partial charge in [0.05, 0.1) is 18.1 Å². The topological polar surface area (TPSA) is 55.2 Å². The van der Waals surface area contributed by atoms with E-state index in [4.69, 9.17) is 13.6 Å². The average molecular weight is 447 g/mol. The first-order chi connectivity index (χ1) is 14.3. The van der Waals surface area contributed by atoms with E-state index in [9.17, 15) is 4.79 Å². The Labute approximate surface area is 188 Å². The van der Waals surface area contributed by atoms with Gasteiger partial charge in [-0.05, 0) is 63.0 Å². The summed E-state index contributed by atoms with van der Waals surface area (Å²) in [5, 5.41) is 1.09. The molecule has 1 aromatic carbocycles. The van der Waals surface area contributed by atoms with Gasteiger partial charge in [0.15, 0.2) is 14.6 Å². The molecule has 7 heteroatoms. The second-order valence-corrected chi connectivity index (χ2v) is 13.1. The molecule has 2 heterocycles. The highest BCUT2D eigenvalue weighted by molar-refractivity contribution is 6.48. The fourth-order valence-electron chi connectivity index (χ4n) is 3.98. The van der Waals surface area contributed by atoms with Gasteiger partial charge in [-0.15, -0.1) is 0 Å². The Hall–Kier alpha value is -1.99. The molecule has 1 aliphatic heterocycles. The lowest BCUT2D eigenvalue weighted by molar-refractivity contribution is 0.0240. The molecule has 1 amide bonds. The van der Waals surface area contributed by atoms with E-state index in [0.717, 1.165) is 29.7 Å². The molecule has 0 N–H and O–H groups in total. The van der Waals surface area contributed by atoms with Crippen molar-refractivity contribution < 1.29 is 18.4 Å². The lowest BCUT2D eigenvalue weighted by Gasteiger charge is -2.37. The maximum Gasteiger partial charge on any atom is 0.410 e. The van der Waals surface area contributed by atoms with Gasteiger partial charge in [-0.3, -0.25) is 0 Å². The van der Waals surface area contributed by atoms with E-state index in [1.165, 1.54) is 5.56 Å². The molecule has 0 aliphatic carbocycles. The van der Waals surface area contributed by atoms with E-state index in [-0.39, 0.29) is 17.6 Å². The quantitative estimate of drug-likeness (QED) is 0.574. The Balaban J connectivity index is 1.86. The van der Waals surface area contributed by atoms with Crippen molar-refractivity contribution in [3.8, 4) is 0 Å². The molecule has 31 heavy (non-hydrogen) atoms. The number of carbonyl (C=O) groups excluding carboxylic acids is 1. The molecule has 6 nitrogen and oxygen atoms in total. The summed E-state index contributed by atoms with van der Waals surface area (Å²) in [6.07, 6.45) is 1.53. The van der Waals surface area contributed by atoms with Crippen molar-refractivity contribution in [1.29, 1.82) is 0 Å². The van der Waals surface area contributed by atoms with Crippen LogP contribution in [-0.4, -0.2) is 51.8 Å². The second-order valence-electron chi connectivity index (χ2n) is 10.8. The van der Waals surface area contributed by atoms with Gasteiger partial charge in [-0.25, -0.2) is 4.79 Å². The molecule has 2 aromatic rings. The number of anilines is 1. The first-order valence-corrected chi connectivity index (χ1v) is 14.0. The van der Waals surface area contributed by atoms with Crippen LogP contribution in [0.5, 0.6) is 0 Å². The zero-order valence-electron chi connectivity index (χ0n) is 20.3. The summed E-state index contributed by atoms with van der Waals surface area (Å²) in [5.41, 5.74) is 2.66. The first kappa shape index (κ1) is 23.7. The molecule has 0 radical (unpaired) electrons. The standard InChI is InChI=1S/C24H38N2O4Si/c1-23(2,3)21(30-31(7)8)18-15-17-9-14-28-20(17)19(16-18)25-10-12-26(13-11-25)22(27)29-24(4,5)6/h9,14-16,21,31H,10-13H2,1-8H3. The van der Waals surface area contributed by atoms with Gasteiger partial charge >= 0.3 is 6.09 Å². The second kappa shape index (κ2) is 8.86. The summed E-state index contributed by atoms with van der Waals surface area (Å²) in [4.78, 5) is 16.5. The third-order valence-electron chi connectivity index (χ3n) is 5.32. The number of hydrogen-bond acceptors (Lipinski definition) is 5. The van der Waals surface area contributed by atoms with Crippen LogP contribution in [0.1, 0.15) is 53.2 Å². The molecular formula is C24H38N2O4Si. The van der Waals surface area contributed by atoms with Crippen molar-refractivity contribution in [2.75, 3.05) is 31.1 Å². The minimum Gasteiger partial charge on any atom is -0.462 e. The molecule has 0 saturated carbocycles. The van der Waals surface area contributed by atoms with Crippen LogP contribution in [0.4, 0.5) is 10.5 Å². The SMILES string of the molecule is C[SiH](C)OC(c1cc(N2CCN(C(=O)OC(C)(C)C)CC2)c2occc2c1)C(C)(C)C. The third-order valence-corrected chi connectivity index (χ3v) is 6.14. The highest BCUT2D eigenvalue weighted by atomic mass is 28.3. The Morgan fingerprint density at radius 3 is 2.26 bits per heavy atom. The van der Waals surface area contributed by atoms with Crippen molar-refractivity contribution in [1.82, 2.24) is 4.90 Å². The summed E-state index contributed by atoms with van der Waals surface area (Å²) >= 11 is 0. The molecule has 0 bridgehead atoms. The Morgan fingerprint density at radius 2 is 1.71 bits per heavy atom. The molecular weight excluding hydrogens is 408 g/mol. The Bertz CT molecular complexity index is 902. The van der Waals surface area contributed by atoms with Crippen molar-refractivity contribution in [2.45, 2.75) is 66.3 Å². The zero-order chi connectivity index (χ0) is 23.0. The predicted octanol–water partition coefficient (Wildman–Crippen LogP) is 5.58. The maximum atomic E-state index is 12.4. The largest absolute Gasteiger partial charge is 0.462 e. The monoisotopic (exact) mass is 446 g/mol. The summed E-state index contributed by atoms with van der Waals surface area (Å²) < 4.78 is 17.9. The van der Waals surface area contributed by atoms with Crippen LogP contribution in [0.25, 0.3) is 11.0 Å². The van der Waals surface area contributed by atoms with E-state index < -0.39 is 14.6 Å². The Kier molecular flexibility index (Phi) is 6.77. The highest BCUT2D eigenvalue weighted by Crippen LogP contribution is 2.41. The van der Waals surface area contributed by atoms with Gasteiger partial charge < -0.3 is 23.4 Å². The van der Waals surface area contributed by atoms with Crippen LogP contribution in [0.3, 0.4) is 0 Å². The molecule has 1 aliphatic rings. The zero-order valence-corrected chi connectivity index (χ0v) is 21.5. The van der Waals surface area contributed by atoms with Gasteiger partial charge in [-0.1, -0.05) is 20.8 Å². The lowest BCUT2D eigenvalue weighted by atomic mass is 9.84. The predicted molar refractivity (Wildman–Crippen MR) is 128 cm³/mol. The van der Waals surface area contributed by atoms with Gasteiger partial charge in [0, 0.05) is 31.6 Å². The number of rotatable bonds is 4. The normalized spacial score (nSPS) is 16.8. The molecule has 1 aromatic heterocycles. The Morgan fingerprint density at radius 1 is 1.06 bits per heavy atom. The molecule has 172 valence electrons. The molecule has 1 atom stereocenters. The average Bonchev–Trinajstić information content (AvgIpc) is 3.11. The number of hydrogen-bond donors (Lipinski definition) is 0. The van der Waals surface area contributed by atoms with Crippen molar-refractivity contribution in [2.24, 2.45) is 5.41 Å². The summed E-state index contributed by atoms with van der Waals surface area (Å²) in [6.45, 7) is 19.5. The summed E-state index contributed by atoms with van der Waals surface area (Å²) in [5.74, 6) is 0. The smallest absolute Gasteiger partial charge is 0.410 e. The number of carbonyl (C=O) groups is 1. The van der Waals surface area contributed by atoms with E-state index in [1.54, 1.807) is 11.2 Å².